The van der Waals surface area contributed by atoms with Gasteiger partial charge in [0.05, 0.1) is 12.6 Å². The monoisotopic (exact) mass is 252 g/mol. The zero-order valence-electron chi connectivity index (χ0n) is 11.2. The number of carbonyl (C=O) groups is 1. The van der Waals surface area contributed by atoms with Crippen LogP contribution in [0.2, 0.25) is 0 Å². The van der Waals surface area contributed by atoms with Crippen LogP contribution in [0.3, 0.4) is 0 Å². The third kappa shape index (κ3) is 2.28. The molecule has 2 saturated heterocycles. The molecule has 3 aliphatic rings. The van der Waals surface area contributed by atoms with Crippen molar-refractivity contribution in [2.24, 2.45) is 17.8 Å². The number of hydrogen-bond acceptors (Lipinski definition) is 3. The Hall–Kier alpha value is -0.610. The van der Waals surface area contributed by atoms with Crippen LogP contribution in [-0.4, -0.2) is 37.7 Å². The average molecular weight is 252 g/mol. The van der Waals surface area contributed by atoms with Gasteiger partial charge in [-0.1, -0.05) is 13.3 Å². The van der Waals surface area contributed by atoms with E-state index in [1.165, 1.54) is 19.3 Å². The van der Waals surface area contributed by atoms with Crippen LogP contribution in [0.5, 0.6) is 0 Å². The van der Waals surface area contributed by atoms with Gasteiger partial charge in [0, 0.05) is 12.6 Å². The Morgan fingerprint density at radius 2 is 2.22 bits per heavy atom. The highest BCUT2D eigenvalue weighted by Gasteiger charge is 2.43. The first-order valence-electron chi connectivity index (χ1n) is 7.37. The van der Waals surface area contributed by atoms with Crippen molar-refractivity contribution in [2.45, 2.75) is 44.7 Å². The molecule has 2 heterocycles. The lowest BCUT2D eigenvalue weighted by atomic mass is 9.92. The summed E-state index contributed by atoms with van der Waals surface area (Å²) in [5.74, 6) is 1.99. The van der Waals surface area contributed by atoms with Crippen LogP contribution in [-0.2, 0) is 9.53 Å². The molecule has 0 spiro atoms. The number of hydrogen-bond donors (Lipinski definition) is 2. The van der Waals surface area contributed by atoms with Gasteiger partial charge in [-0.15, -0.1) is 0 Å². The van der Waals surface area contributed by atoms with Crippen molar-refractivity contribution < 1.29 is 9.53 Å². The summed E-state index contributed by atoms with van der Waals surface area (Å²) in [6, 6.07) is 0.362. The van der Waals surface area contributed by atoms with Crippen molar-refractivity contribution in [2.75, 3.05) is 19.8 Å². The summed E-state index contributed by atoms with van der Waals surface area (Å²) >= 11 is 0. The molecular formula is C14H24N2O2. The average Bonchev–Trinajstić information content (AvgIpc) is 2.93. The van der Waals surface area contributed by atoms with Gasteiger partial charge in [0.15, 0.2) is 0 Å². The van der Waals surface area contributed by atoms with E-state index < -0.39 is 0 Å². The minimum absolute atomic E-state index is 0.0625. The van der Waals surface area contributed by atoms with Crippen molar-refractivity contribution >= 4 is 5.91 Å². The van der Waals surface area contributed by atoms with E-state index in [2.05, 4.69) is 17.6 Å². The van der Waals surface area contributed by atoms with Crippen molar-refractivity contribution in [1.29, 1.82) is 0 Å². The molecule has 1 amide bonds. The fourth-order valence-electron chi connectivity index (χ4n) is 3.84. The molecule has 0 aromatic carbocycles. The predicted octanol–water partition coefficient (Wildman–Crippen LogP) is 0.916. The van der Waals surface area contributed by atoms with Gasteiger partial charge >= 0.3 is 0 Å². The smallest absolute Gasteiger partial charge is 0.237 e. The highest BCUT2D eigenvalue weighted by molar-refractivity contribution is 5.83. The van der Waals surface area contributed by atoms with Crippen LogP contribution in [0.25, 0.3) is 0 Å². The Balaban J connectivity index is 1.57. The molecule has 3 rings (SSSR count). The van der Waals surface area contributed by atoms with Gasteiger partial charge in [-0.25, -0.2) is 0 Å². The lowest BCUT2D eigenvalue weighted by Crippen LogP contribution is -2.51. The van der Waals surface area contributed by atoms with E-state index in [0.717, 1.165) is 32.1 Å². The molecule has 5 unspecified atom stereocenters. The minimum Gasteiger partial charge on any atom is -0.381 e. The van der Waals surface area contributed by atoms with Gasteiger partial charge in [-0.05, 0) is 43.6 Å². The molecule has 3 fully saturated rings. The summed E-state index contributed by atoms with van der Waals surface area (Å²) in [4.78, 5) is 12.4. The van der Waals surface area contributed by atoms with Crippen molar-refractivity contribution in [3.05, 3.63) is 0 Å². The summed E-state index contributed by atoms with van der Waals surface area (Å²) in [6.07, 6.45) is 4.77. The highest BCUT2D eigenvalue weighted by Crippen LogP contribution is 2.37. The molecule has 1 saturated carbocycles. The lowest BCUT2D eigenvalue weighted by Gasteiger charge is -2.31. The fraction of sp³-hybridized carbons (Fsp3) is 0.929. The minimum atomic E-state index is 0.0625. The molecule has 0 aromatic heterocycles. The molecule has 0 bridgehead atoms. The third-order valence-corrected chi connectivity index (χ3v) is 5.00. The maximum Gasteiger partial charge on any atom is 0.237 e. The van der Waals surface area contributed by atoms with Crippen LogP contribution >= 0.6 is 0 Å². The van der Waals surface area contributed by atoms with Gasteiger partial charge in [0.2, 0.25) is 5.91 Å². The quantitative estimate of drug-likeness (QED) is 0.768. The van der Waals surface area contributed by atoms with Gasteiger partial charge in [0.1, 0.15) is 0 Å². The number of rotatable bonds is 2. The topological polar surface area (TPSA) is 50.4 Å². The maximum absolute atomic E-state index is 12.4. The summed E-state index contributed by atoms with van der Waals surface area (Å²) in [7, 11) is 0. The van der Waals surface area contributed by atoms with Gasteiger partial charge in [-0.2, -0.15) is 0 Å². The third-order valence-electron chi connectivity index (χ3n) is 5.00. The van der Waals surface area contributed by atoms with E-state index in [-0.39, 0.29) is 11.9 Å². The first-order valence-corrected chi connectivity index (χ1v) is 7.37. The molecule has 0 aromatic rings. The Bertz CT molecular complexity index is 321. The molecule has 5 atom stereocenters. The predicted molar refractivity (Wildman–Crippen MR) is 69.2 cm³/mol. The standard InChI is InChI=1S/C14H24N2O2/c1-9-8-18-6-5-12(9)16-14(17)13-11-4-2-3-10(11)7-15-13/h9-13,15H,2-8H2,1H3,(H,16,17). The SMILES string of the molecule is CC1COCCC1NC(=O)C1NCC2CCCC21. The molecule has 18 heavy (non-hydrogen) atoms. The molecule has 2 aliphatic heterocycles. The molecule has 4 nitrogen and oxygen atoms in total. The molecule has 2 N–H and O–H groups in total. The summed E-state index contributed by atoms with van der Waals surface area (Å²) < 4.78 is 5.42. The fourth-order valence-corrected chi connectivity index (χ4v) is 3.84. The normalized spacial score (nSPS) is 43.7. The second-order valence-electron chi connectivity index (χ2n) is 6.20. The number of amides is 1. The summed E-state index contributed by atoms with van der Waals surface area (Å²) in [6.45, 7) is 4.74. The van der Waals surface area contributed by atoms with Crippen LogP contribution in [0, 0.1) is 17.8 Å². The van der Waals surface area contributed by atoms with Crippen LogP contribution < -0.4 is 10.6 Å². The van der Waals surface area contributed by atoms with E-state index in [0.29, 0.717) is 17.9 Å². The summed E-state index contributed by atoms with van der Waals surface area (Å²) in [5, 5.41) is 6.66. The molecule has 102 valence electrons. The second-order valence-corrected chi connectivity index (χ2v) is 6.20. The Morgan fingerprint density at radius 3 is 3.06 bits per heavy atom. The van der Waals surface area contributed by atoms with Crippen molar-refractivity contribution in [3.63, 3.8) is 0 Å². The first kappa shape index (κ1) is 12.4. The van der Waals surface area contributed by atoms with Crippen LogP contribution in [0.4, 0.5) is 0 Å². The van der Waals surface area contributed by atoms with E-state index in [1.807, 2.05) is 0 Å². The molecular weight excluding hydrogens is 228 g/mol. The van der Waals surface area contributed by atoms with Crippen molar-refractivity contribution in [1.82, 2.24) is 10.6 Å². The zero-order valence-corrected chi connectivity index (χ0v) is 11.2. The molecule has 4 heteroatoms. The highest BCUT2D eigenvalue weighted by atomic mass is 16.5. The van der Waals surface area contributed by atoms with Gasteiger partial charge in [-0.3, -0.25) is 4.79 Å². The van der Waals surface area contributed by atoms with E-state index >= 15 is 0 Å². The number of nitrogens with one attached hydrogen (secondary N) is 2. The Labute approximate surface area is 109 Å². The van der Waals surface area contributed by atoms with Crippen LogP contribution in [0.15, 0.2) is 0 Å². The number of ether oxygens (including phenoxy) is 1. The van der Waals surface area contributed by atoms with E-state index in [9.17, 15) is 4.79 Å². The lowest BCUT2D eigenvalue weighted by molar-refractivity contribution is -0.125. The molecule has 1 aliphatic carbocycles. The summed E-state index contributed by atoms with van der Waals surface area (Å²) in [5.41, 5.74) is 0. The molecule has 0 radical (unpaired) electrons. The van der Waals surface area contributed by atoms with Gasteiger partial charge < -0.3 is 15.4 Å². The van der Waals surface area contributed by atoms with Crippen molar-refractivity contribution in [3.8, 4) is 0 Å². The number of carbonyl (C=O) groups excluding carboxylic acids is 1. The first-order chi connectivity index (χ1) is 8.75. The van der Waals surface area contributed by atoms with E-state index in [1.54, 1.807) is 0 Å². The maximum atomic E-state index is 12.4. The second kappa shape index (κ2) is 5.17. The number of fused-ring (bicyclic) bond motifs is 1. The zero-order chi connectivity index (χ0) is 12.5. The van der Waals surface area contributed by atoms with Crippen LogP contribution in [0.1, 0.15) is 32.6 Å². The Kier molecular flexibility index (Phi) is 3.57. The Morgan fingerprint density at radius 1 is 1.33 bits per heavy atom. The van der Waals surface area contributed by atoms with E-state index in [4.69, 9.17) is 4.74 Å². The largest absolute Gasteiger partial charge is 0.381 e. The van der Waals surface area contributed by atoms with Gasteiger partial charge in [0.25, 0.3) is 0 Å².